The fourth-order valence-electron chi connectivity index (χ4n) is 3.56. The Morgan fingerprint density at radius 3 is 2.37 bits per heavy atom. The number of aliphatic hydroxyl groups excluding tert-OH is 2. The van der Waals surface area contributed by atoms with E-state index < -0.39 is 5.92 Å². The van der Waals surface area contributed by atoms with Crippen LogP contribution in [0.25, 0.3) is 6.08 Å². The Morgan fingerprint density at radius 1 is 1.03 bits per heavy atom. The highest BCUT2D eigenvalue weighted by Gasteiger charge is 2.25. The summed E-state index contributed by atoms with van der Waals surface area (Å²) in [5.41, 5.74) is 4.01. The van der Waals surface area contributed by atoms with Crippen molar-refractivity contribution in [1.29, 1.82) is 0 Å². The molecule has 0 aromatic heterocycles. The van der Waals surface area contributed by atoms with Gasteiger partial charge in [-0.1, -0.05) is 36.4 Å². The summed E-state index contributed by atoms with van der Waals surface area (Å²) in [5.74, 6) is -1.10. The zero-order chi connectivity index (χ0) is 21.7. The monoisotopic (exact) mass is 407 g/mol. The van der Waals surface area contributed by atoms with Gasteiger partial charge < -0.3 is 15.5 Å². The minimum atomic E-state index is -0.477. The first-order valence-electron chi connectivity index (χ1n) is 9.88. The van der Waals surface area contributed by atoms with Crippen LogP contribution in [0.2, 0.25) is 0 Å². The van der Waals surface area contributed by atoms with Gasteiger partial charge in [0, 0.05) is 56.7 Å². The van der Waals surface area contributed by atoms with Crippen molar-refractivity contribution in [3.8, 4) is 0 Å². The SMILES string of the molecule is CNc1cccc2c1CC(=O)C(C(=O)Cc1ccc(C(=O)CC(CO)CO)cc1)=C2. The van der Waals surface area contributed by atoms with Crippen LogP contribution < -0.4 is 5.32 Å². The van der Waals surface area contributed by atoms with Gasteiger partial charge in [0.1, 0.15) is 0 Å². The number of carbonyl (C=O) groups excluding carboxylic acids is 3. The van der Waals surface area contributed by atoms with Crippen LogP contribution in [-0.4, -0.2) is 47.8 Å². The number of hydrogen-bond acceptors (Lipinski definition) is 6. The molecule has 6 nitrogen and oxygen atoms in total. The van der Waals surface area contributed by atoms with Crippen LogP contribution >= 0.6 is 0 Å². The summed E-state index contributed by atoms with van der Waals surface area (Å²) < 4.78 is 0. The van der Waals surface area contributed by atoms with Crippen molar-refractivity contribution in [2.24, 2.45) is 5.92 Å². The van der Waals surface area contributed by atoms with Crippen molar-refractivity contribution in [3.63, 3.8) is 0 Å². The second kappa shape index (κ2) is 9.61. The van der Waals surface area contributed by atoms with Gasteiger partial charge in [-0.05, 0) is 28.8 Å². The Balaban J connectivity index is 1.72. The lowest BCUT2D eigenvalue weighted by Gasteiger charge is -2.18. The van der Waals surface area contributed by atoms with Crippen LogP contribution in [0.5, 0.6) is 0 Å². The average molecular weight is 407 g/mol. The van der Waals surface area contributed by atoms with E-state index in [9.17, 15) is 14.4 Å². The lowest BCUT2D eigenvalue weighted by atomic mass is 9.86. The van der Waals surface area contributed by atoms with Crippen molar-refractivity contribution in [1.82, 2.24) is 0 Å². The molecular formula is C24H25NO5. The molecule has 6 heteroatoms. The standard InChI is InChI=1S/C24H25NO5/c1-25-21-4-2-3-18-11-20(24(30)12-19(18)21)23(29)9-15-5-7-17(8-6-15)22(28)10-16(13-26)14-27/h2-8,11,16,25-27H,9-10,12-14H2,1H3. The molecule has 1 aliphatic rings. The van der Waals surface area contributed by atoms with Crippen molar-refractivity contribution in [2.75, 3.05) is 25.6 Å². The molecule has 0 aliphatic heterocycles. The molecule has 0 radical (unpaired) electrons. The third kappa shape index (κ3) is 4.72. The first-order chi connectivity index (χ1) is 14.5. The van der Waals surface area contributed by atoms with E-state index in [4.69, 9.17) is 10.2 Å². The van der Waals surface area contributed by atoms with Crippen LogP contribution in [0.1, 0.15) is 33.5 Å². The van der Waals surface area contributed by atoms with E-state index in [-0.39, 0.29) is 55.4 Å². The van der Waals surface area contributed by atoms with Crippen LogP contribution in [0.4, 0.5) is 5.69 Å². The van der Waals surface area contributed by atoms with Crippen LogP contribution in [0, 0.1) is 5.92 Å². The summed E-state index contributed by atoms with van der Waals surface area (Å²) in [4.78, 5) is 37.5. The number of benzene rings is 2. The molecule has 0 saturated heterocycles. The lowest BCUT2D eigenvalue weighted by Crippen LogP contribution is -2.21. The number of anilines is 1. The third-order valence-corrected chi connectivity index (χ3v) is 5.35. The van der Waals surface area contributed by atoms with E-state index in [1.807, 2.05) is 18.2 Å². The first-order valence-corrected chi connectivity index (χ1v) is 9.88. The predicted molar refractivity (Wildman–Crippen MR) is 114 cm³/mol. The maximum Gasteiger partial charge on any atom is 0.170 e. The molecule has 0 amide bonds. The lowest BCUT2D eigenvalue weighted by molar-refractivity contribution is -0.120. The Hall–Kier alpha value is -3.09. The highest BCUT2D eigenvalue weighted by molar-refractivity contribution is 6.25. The number of nitrogens with one attached hydrogen (secondary N) is 1. The number of fused-ring (bicyclic) bond motifs is 1. The number of hydrogen-bond donors (Lipinski definition) is 3. The molecule has 0 spiro atoms. The molecule has 30 heavy (non-hydrogen) atoms. The molecule has 156 valence electrons. The highest BCUT2D eigenvalue weighted by Crippen LogP contribution is 2.28. The summed E-state index contributed by atoms with van der Waals surface area (Å²) in [7, 11) is 1.80. The minimum absolute atomic E-state index is 0.0562. The molecule has 2 aromatic carbocycles. The quantitative estimate of drug-likeness (QED) is 0.435. The fraction of sp³-hybridized carbons (Fsp3) is 0.292. The van der Waals surface area contributed by atoms with Gasteiger partial charge in [0.2, 0.25) is 0 Å². The minimum Gasteiger partial charge on any atom is -0.396 e. The summed E-state index contributed by atoms with van der Waals surface area (Å²) in [6, 6.07) is 12.3. The number of aliphatic hydroxyl groups is 2. The number of Topliss-reactive ketones (excluding diaryl/α,β-unsaturated/α-hetero) is 3. The van der Waals surface area contributed by atoms with Gasteiger partial charge in [-0.2, -0.15) is 0 Å². The van der Waals surface area contributed by atoms with Crippen molar-refractivity contribution in [2.45, 2.75) is 19.3 Å². The van der Waals surface area contributed by atoms with Gasteiger partial charge in [-0.15, -0.1) is 0 Å². The van der Waals surface area contributed by atoms with E-state index >= 15 is 0 Å². The Bertz CT molecular complexity index is 987. The van der Waals surface area contributed by atoms with Crippen LogP contribution in [0.3, 0.4) is 0 Å². The zero-order valence-corrected chi connectivity index (χ0v) is 16.9. The van der Waals surface area contributed by atoms with Crippen molar-refractivity contribution in [3.05, 3.63) is 70.3 Å². The maximum atomic E-state index is 12.8. The molecule has 0 atom stereocenters. The largest absolute Gasteiger partial charge is 0.396 e. The van der Waals surface area contributed by atoms with Crippen molar-refractivity contribution < 1.29 is 24.6 Å². The maximum absolute atomic E-state index is 12.8. The topological polar surface area (TPSA) is 104 Å². The Morgan fingerprint density at radius 2 is 1.73 bits per heavy atom. The molecule has 0 fully saturated rings. The van der Waals surface area contributed by atoms with E-state index in [2.05, 4.69) is 5.32 Å². The fourth-order valence-corrected chi connectivity index (χ4v) is 3.56. The molecule has 1 aliphatic carbocycles. The Labute approximate surface area is 175 Å². The average Bonchev–Trinajstić information content (AvgIpc) is 2.76. The molecule has 0 bridgehead atoms. The van der Waals surface area contributed by atoms with E-state index in [0.29, 0.717) is 11.1 Å². The normalized spacial score (nSPS) is 13.1. The number of ketones is 3. The van der Waals surface area contributed by atoms with E-state index in [1.54, 1.807) is 37.4 Å². The van der Waals surface area contributed by atoms with Crippen LogP contribution in [-0.2, 0) is 22.4 Å². The van der Waals surface area contributed by atoms with Gasteiger partial charge in [0.05, 0.1) is 5.57 Å². The van der Waals surface area contributed by atoms with Gasteiger partial charge in [0.15, 0.2) is 17.3 Å². The molecule has 0 heterocycles. The summed E-state index contributed by atoms with van der Waals surface area (Å²) in [6.45, 7) is -0.506. The molecule has 0 unspecified atom stereocenters. The van der Waals surface area contributed by atoms with Gasteiger partial charge in [-0.3, -0.25) is 14.4 Å². The third-order valence-electron chi connectivity index (χ3n) is 5.35. The van der Waals surface area contributed by atoms with Gasteiger partial charge in [0.25, 0.3) is 0 Å². The Kier molecular flexibility index (Phi) is 6.92. The first kappa shape index (κ1) is 21.6. The highest BCUT2D eigenvalue weighted by atomic mass is 16.3. The summed E-state index contributed by atoms with van der Waals surface area (Å²) in [5, 5.41) is 21.3. The zero-order valence-electron chi connectivity index (χ0n) is 16.9. The molecule has 2 aromatic rings. The number of allylic oxidation sites excluding steroid dienone is 1. The second-order valence-electron chi connectivity index (χ2n) is 7.44. The molecule has 3 N–H and O–H groups in total. The molecule has 0 saturated carbocycles. The summed E-state index contributed by atoms with van der Waals surface area (Å²) in [6.07, 6.45) is 1.98. The smallest absolute Gasteiger partial charge is 0.170 e. The second-order valence-corrected chi connectivity index (χ2v) is 7.44. The predicted octanol–water partition coefficient (Wildman–Crippen LogP) is 2.22. The number of carbonyl (C=O) groups is 3. The van der Waals surface area contributed by atoms with Crippen LogP contribution in [0.15, 0.2) is 48.0 Å². The number of rotatable bonds is 9. The molecule has 3 rings (SSSR count). The van der Waals surface area contributed by atoms with E-state index in [0.717, 1.165) is 16.8 Å². The van der Waals surface area contributed by atoms with Crippen molar-refractivity contribution >= 4 is 29.1 Å². The van der Waals surface area contributed by atoms with E-state index in [1.165, 1.54) is 0 Å². The van der Waals surface area contributed by atoms with Gasteiger partial charge in [-0.25, -0.2) is 0 Å². The van der Waals surface area contributed by atoms with Gasteiger partial charge >= 0.3 is 0 Å². The molecular weight excluding hydrogens is 382 g/mol. The summed E-state index contributed by atoms with van der Waals surface area (Å²) >= 11 is 0.